The maximum atomic E-state index is 13.1. The number of urea groups is 1. The fourth-order valence-corrected chi connectivity index (χ4v) is 5.55. The van der Waals surface area contributed by atoms with Gasteiger partial charge in [-0.15, -0.1) is 13.2 Å². The van der Waals surface area contributed by atoms with Crippen LogP contribution in [0.25, 0.3) is 0 Å². The molecule has 3 fully saturated rings. The van der Waals surface area contributed by atoms with E-state index in [-0.39, 0.29) is 30.2 Å². The van der Waals surface area contributed by atoms with E-state index < -0.39 is 12.5 Å². The molecule has 0 bridgehead atoms. The summed E-state index contributed by atoms with van der Waals surface area (Å²) >= 11 is 0. The molecular formula is C25H35F3N4O5. The number of likely N-dealkylation sites (tertiary alicyclic amines) is 2. The van der Waals surface area contributed by atoms with E-state index in [0.717, 1.165) is 12.8 Å². The zero-order valence-corrected chi connectivity index (χ0v) is 20.9. The van der Waals surface area contributed by atoms with E-state index >= 15 is 0 Å². The van der Waals surface area contributed by atoms with Crippen molar-refractivity contribution in [1.29, 1.82) is 0 Å². The second kappa shape index (κ2) is 12.1. The molecule has 12 heteroatoms. The average molecular weight is 529 g/mol. The van der Waals surface area contributed by atoms with Crippen molar-refractivity contribution >= 4 is 18.0 Å². The Bertz CT molecular complexity index is 893. The Morgan fingerprint density at radius 1 is 1.05 bits per heavy atom. The first-order valence-electron chi connectivity index (χ1n) is 13.0. The maximum absolute atomic E-state index is 13.1. The molecule has 1 aliphatic carbocycles. The highest BCUT2D eigenvalue weighted by atomic mass is 19.4. The molecule has 4 amide bonds. The number of fused-ring (bicyclic) bond motifs is 1. The molecular weight excluding hydrogens is 493 g/mol. The standard InChI is InChI=1S/C25H35F3N4O5/c26-25(27,28)37-21-5-2-18(3-6-21)4-7-22(33)30-12-8-19-16-32(17-20(19)9-13-30)24(35)31-11-1-10-29-23(34)36-15-14-31/h2,5-6,18-20H,1,3-4,7-17H2,(H,29,34). The first kappa shape index (κ1) is 27.1. The highest BCUT2D eigenvalue weighted by Gasteiger charge is 2.39. The van der Waals surface area contributed by atoms with Gasteiger partial charge in [0.1, 0.15) is 12.4 Å². The molecule has 206 valence electrons. The van der Waals surface area contributed by atoms with Gasteiger partial charge >= 0.3 is 18.5 Å². The van der Waals surface area contributed by atoms with Crippen molar-refractivity contribution in [1.82, 2.24) is 20.0 Å². The third-order valence-electron chi connectivity index (χ3n) is 7.60. The SMILES string of the molecule is O=C1NCCCN(C(=O)N2CC3CCN(C(=O)CCC4C=CC(OC(F)(F)F)=CC4)CCC3C2)CCO1. The van der Waals surface area contributed by atoms with Gasteiger partial charge in [-0.3, -0.25) is 4.79 Å². The molecule has 0 radical (unpaired) electrons. The first-order chi connectivity index (χ1) is 17.7. The summed E-state index contributed by atoms with van der Waals surface area (Å²) in [5.74, 6) is 0.572. The number of hydrogen-bond donors (Lipinski definition) is 1. The number of cyclic esters (lactones) is 1. The van der Waals surface area contributed by atoms with Crippen LogP contribution in [-0.2, 0) is 14.3 Å². The molecule has 0 aromatic rings. The van der Waals surface area contributed by atoms with Crippen LogP contribution in [0.5, 0.6) is 0 Å². The largest absolute Gasteiger partial charge is 0.573 e. The third-order valence-corrected chi connectivity index (χ3v) is 7.60. The third kappa shape index (κ3) is 7.78. The summed E-state index contributed by atoms with van der Waals surface area (Å²) < 4.78 is 46.0. The van der Waals surface area contributed by atoms with Crippen molar-refractivity contribution in [3.63, 3.8) is 0 Å². The minimum Gasteiger partial charge on any atom is -0.448 e. The van der Waals surface area contributed by atoms with E-state index in [1.54, 1.807) is 11.0 Å². The normalized spacial score (nSPS) is 27.1. The summed E-state index contributed by atoms with van der Waals surface area (Å²) in [4.78, 5) is 43.0. The van der Waals surface area contributed by atoms with Gasteiger partial charge in [0.15, 0.2) is 0 Å². The van der Waals surface area contributed by atoms with Gasteiger partial charge in [-0.2, -0.15) is 0 Å². The molecule has 3 saturated heterocycles. The first-order valence-corrected chi connectivity index (χ1v) is 13.0. The number of ether oxygens (including phenoxy) is 2. The van der Waals surface area contributed by atoms with Crippen molar-refractivity contribution in [3.05, 3.63) is 24.0 Å². The molecule has 3 heterocycles. The number of nitrogens with zero attached hydrogens (tertiary/aromatic N) is 3. The second-order valence-electron chi connectivity index (χ2n) is 10.1. The van der Waals surface area contributed by atoms with Crippen LogP contribution in [0.3, 0.4) is 0 Å². The van der Waals surface area contributed by atoms with E-state index in [9.17, 15) is 27.6 Å². The van der Waals surface area contributed by atoms with E-state index in [1.807, 2.05) is 9.80 Å². The summed E-state index contributed by atoms with van der Waals surface area (Å²) in [5.41, 5.74) is 0. The zero-order valence-electron chi connectivity index (χ0n) is 20.9. The number of rotatable bonds is 4. The minimum absolute atomic E-state index is 0.0161. The maximum Gasteiger partial charge on any atom is 0.573 e. The monoisotopic (exact) mass is 528 g/mol. The summed E-state index contributed by atoms with van der Waals surface area (Å²) in [7, 11) is 0. The Labute approximate surface area is 214 Å². The summed E-state index contributed by atoms with van der Waals surface area (Å²) in [6.45, 7) is 4.23. The number of hydrogen-bond acceptors (Lipinski definition) is 5. The molecule has 0 saturated carbocycles. The van der Waals surface area contributed by atoms with Crippen LogP contribution in [0.15, 0.2) is 24.0 Å². The van der Waals surface area contributed by atoms with E-state index in [2.05, 4.69) is 10.1 Å². The molecule has 0 spiro atoms. The number of allylic oxidation sites excluding steroid dienone is 3. The van der Waals surface area contributed by atoms with Crippen molar-refractivity contribution in [3.8, 4) is 0 Å². The predicted molar refractivity (Wildman–Crippen MR) is 127 cm³/mol. The van der Waals surface area contributed by atoms with Gasteiger partial charge in [0.05, 0.1) is 6.54 Å². The number of carbonyl (C=O) groups is 3. The van der Waals surface area contributed by atoms with Crippen molar-refractivity contribution in [2.45, 2.75) is 44.9 Å². The van der Waals surface area contributed by atoms with Crippen molar-refractivity contribution in [2.24, 2.45) is 17.8 Å². The smallest absolute Gasteiger partial charge is 0.448 e. The molecule has 3 unspecified atom stereocenters. The van der Waals surface area contributed by atoms with Crippen LogP contribution in [-0.4, -0.2) is 91.5 Å². The molecule has 3 aliphatic heterocycles. The fourth-order valence-electron chi connectivity index (χ4n) is 5.55. The lowest BCUT2D eigenvalue weighted by molar-refractivity contribution is -0.303. The summed E-state index contributed by atoms with van der Waals surface area (Å²) in [6.07, 6.45) is 2.98. The van der Waals surface area contributed by atoms with Gasteiger partial charge in [0.25, 0.3) is 0 Å². The average Bonchev–Trinajstić information content (AvgIpc) is 3.21. The van der Waals surface area contributed by atoms with Crippen LogP contribution in [0.2, 0.25) is 0 Å². The molecule has 0 aromatic heterocycles. The quantitative estimate of drug-likeness (QED) is 0.603. The van der Waals surface area contributed by atoms with Crippen LogP contribution in [0.4, 0.5) is 22.8 Å². The number of amides is 4. The second-order valence-corrected chi connectivity index (χ2v) is 10.1. The van der Waals surface area contributed by atoms with Crippen LogP contribution < -0.4 is 5.32 Å². The van der Waals surface area contributed by atoms with Crippen LogP contribution in [0, 0.1) is 17.8 Å². The molecule has 3 atom stereocenters. The number of halogens is 3. The predicted octanol–water partition coefficient (Wildman–Crippen LogP) is 3.49. The highest BCUT2D eigenvalue weighted by Crippen LogP contribution is 2.33. The Kier molecular flexibility index (Phi) is 8.86. The van der Waals surface area contributed by atoms with E-state index in [4.69, 9.17) is 4.74 Å². The molecule has 37 heavy (non-hydrogen) atoms. The van der Waals surface area contributed by atoms with Crippen molar-refractivity contribution < 1.29 is 37.0 Å². The number of nitrogens with one attached hydrogen (secondary N) is 1. The zero-order chi connectivity index (χ0) is 26.4. The summed E-state index contributed by atoms with van der Waals surface area (Å²) in [5, 5.41) is 2.66. The molecule has 9 nitrogen and oxygen atoms in total. The van der Waals surface area contributed by atoms with Gasteiger partial charge in [-0.1, -0.05) is 6.08 Å². The van der Waals surface area contributed by atoms with Gasteiger partial charge < -0.3 is 29.5 Å². The Morgan fingerprint density at radius 3 is 2.43 bits per heavy atom. The fraction of sp³-hybridized carbons (Fsp3) is 0.720. The van der Waals surface area contributed by atoms with Gasteiger partial charge in [0.2, 0.25) is 5.91 Å². The summed E-state index contributed by atoms with van der Waals surface area (Å²) in [6, 6.07) is -0.0164. The van der Waals surface area contributed by atoms with Gasteiger partial charge in [-0.25, -0.2) is 9.59 Å². The van der Waals surface area contributed by atoms with E-state index in [0.29, 0.717) is 83.3 Å². The molecule has 4 aliphatic rings. The number of alkyl carbamates (subject to hydrolysis) is 1. The lowest BCUT2D eigenvalue weighted by Crippen LogP contribution is -2.44. The molecule has 1 N–H and O–H groups in total. The molecule has 0 aromatic carbocycles. The Morgan fingerprint density at radius 2 is 1.78 bits per heavy atom. The molecule has 4 rings (SSSR count). The lowest BCUT2D eigenvalue weighted by atomic mass is 9.92. The van der Waals surface area contributed by atoms with Crippen LogP contribution in [0.1, 0.15) is 38.5 Å². The van der Waals surface area contributed by atoms with E-state index in [1.165, 1.54) is 12.2 Å². The van der Waals surface area contributed by atoms with Crippen LogP contribution >= 0.6 is 0 Å². The topological polar surface area (TPSA) is 91.4 Å². The number of carbonyl (C=O) groups excluding carboxylic acids is 3. The van der Waals surface area contributed by atoms with Gasteiger partial charge in [-0.05, 0) is 62.0 Å². The minimum atomic E-state index is -4.70. The lowest BCUT2D eigenvalue weighted by Gasteiger charge is -2.28. The Hall–Kier alpha value is -2.92. The van der Waals surface area contributed by atoms with Crippen molar-refractivity contribution in [2.75, 3.05) is 52.4 Å². The Balaban J connectivity index is 1.19. The highest BCUT2D eigenvalue weighted by molar-refractivity contribution is 5.76. The van der Waals surface area contributed by atoms with Gasteiger partial charge in [0, 0.05) is 45.7 Å². The number of alkyl halides is 3.